The molecule has 3 rings (SSSR count). The maximum absolute atomic E-state index is 3.92. The first-order valence-corrected chi connectivity index (χ1v) is 11.6. The van der Waals surface area contributed by atoms with Crippen molar-refractivity contribution in [2.75, 3.05) is 0 Å². The highest BCUT2D eigenvalue weighted by atomic mass is 15.4. The molecule has 2 heterocycles. The lowest BCUT2D eigenvalue weighted by atomic mass is 9.89. The molecule has 2 aromatic heterocycles. The van der Waals surface area contributed by atoms with Gasteiger partial charge in [-0.15, -0.1) is 10.2 Å². The van der Waals surface area contributed by atoms with Crippen molar-refractivity contribution in [1.29, 1.82) is 0 Å². The van der Waals surface area contributed by atoms with Gasteiger partial charge in [0.25, 0.3) is 0 Å². The van der Waals surface area contributed by atoms with Gasteiger partial charge in [0.15, 0.2) is 0 Å². The second kappa shape index (κ2) is 37.5. The number of nitrogens with zero attached hydrogens (tertiary/aromatic N) is 6. The number of hydrogen-bond acceptors (Lipinski definition) is 4. The summed E-state index contributed by atoms with van der Waals surface area (Å²) in [4.78, 5) is 0. The van der Waals surface area contributed by atoms with Gasteiger partial charge in [-0.1, -0.05) is 150 Å². The SMILES string of the molecule is C.C.C.C.C.C.C.C.C.C.CC(C)(C)CCCc1ccccc1.CCc1cn(CC)nn1.CCc1cn(CC)nn1. The molecule has 0 spiro atoms. The summed E-state index contributed by atoms with van der Waals surface area (Å²) >= 11 is 0. The standard InChI is InChI=1S/C13H20.2C6H11N3.10CH4/c1-13(2,3)11-7-10-12-8-5-4-6-9-12;2*1-3-6-5-9(4-2)8-7-6;;;;;;;;;;/h4-6,8-9H,7,10-11H2,1-3H3;2*5H,3-4H2,1-2H3;10*1H4. The predicted octanol–water partition coefficient (Wildman–Crippen LogP) is 12.1. The molecule has 41 heavy (non-hydrogen) atoms. The smallest absolute Gasteiger partial charge is 0.0824 e. The van der Waals surface area contributed by atoms with E-state index in [1.807, 2.05) is 35.6 Å². The molecule has 0 radical (unpaired) electrons. The van der Waals surface area contributed by atoms with Gasteiger partial charge in [0, 0.05) is 25.5 Å². The third-order valence-electron chi connectivity index (χ3n) is 4.78. The Bertz CT molecular complexity index is 737. The average Bonchev–Trinajstić information content (AvgIpc) is 3.43. The monoisotopic (exact) mass is 587 g/mol. The highest BCUT2D eigenvalue weighted by Gasteiger charge is 2.08. The van der Waals surface area contributed by atoms with Gasteiger partial charge in [0.05, 0.1) is 11.4 Å². The fourth-order valence-corrected chi connectivity index (χ4v) is 2.78. The Hall–Kier alpha value is -2.50. The van der Waals surface area contributed by atoms with Crippen molar-refractivity contribution in [2.24, 2.45) is 5.41 Å². The van der Waals surface area contributed by atoms with Crippen LogP contribution in [-0.2, 0) is 32.4 Å². The fourth-order valence-electron chi connectivity index (χ4n) is 2.78. The molecular weight excluding hydrogens is 504 g/mol. The van der Waals surface area contributed by atoms with Crippen molar-refractivity contribution in [3.05, 3.63) is 59.7 Å². The number of rotatable bonds is 7. The van der Waals surface area contributed by atoms with Crippen molar-refractivity contribution >= 4 is 0 Å². The van der Waals surface area contributed by atoms with Crippen LogP contribution in [-0.4, -0.2) is 30.0 Å². The molecule has 0 atom stereocenters. The predicted molar refractivity (Wildman–Crippen MR) is 196 cm³/mol. The van der Waals surface area contributed by atoms with Gasteiger partial charge >= 0.3 is 0 Å². The Morgan fingerprint density at radius 2 is 0.951 bits per heavy atom. The minimum atomic E-state index is 0. The maximum atomic E-state index is 3.92. The lowest BCUT2D eigenvalue weighted by Crippen LogP contribution is -2.04. The second-order valence-corrected chi connectivity index (χ2v) is 8.74. The van der Waals surface area contributed by atoms with Crippen molar-refractivity contribution < 1.29 is 0 Å². The van der Waals surface area contributed by atoms with Gasteiger partial charge in [-0.2, -0.15) is 0 Å². The molecule has 0 saturated heterocycles. The van der Waals surface area contributed by atoms with Crippen LogP contribution in [0.2, 0.25) is 0 Å². The number of aryl methyl sites for hydroxylation is 5. The van der Waals surface area contributed by atoms with Crippen LogP contribution in [0.1, 0.15) is 153 Å². The molecular formula is C35H82N6. The zero-order valence-electron chi connectivity index (χ0n) is 20.7. The summed E-state index contributed by atoms with van der Waals surface area (Å²) in [6, 6.07) is 10.7. The molecule has 0 aliphatic carbocycles. The van der Waals surface area contributed by atoms with Gasteiger partial charge < -0.3 is 0 Å². The second-order valence-electron chi connectivity index (χ2n) is 8.74. The van der Waals surface area contributed by atoms with Crippen LogP contribution < -0.4 is 0 Å². The average molecular weight is 587 g/mol. The summed E-state index contributed by atoms with van der Waals surface area (Å²) in [5.41, 5.74) is 4.08. The van der Waals surface area contributed by atoms with Crippen molar-refractivity contribution in [2.45, 2.75) is 168 Å². The molecule has 3 aromatic rings. The van der Waals surface area contributed by atoms with Gasteiger partial charge in [0.2, 0.25) is 0 Å². The summed E-state index contributed by atoms with van der Waals surface area (Å²) in [6.07, 6.45) is 9.72. The molecule has 1 aromatic carbocycles. The summed E-state index contributed by atoms with van der Waals surface area (Å²) in [7, 11) is 0. The summed E-state index contributed by atoms with van der Waals surface area (Å²) < 4.78 is 3.66. The Balaban J connectivity index is -0.0000000398. The van der Waals surface area contributed by atoms with Crippen LogP contribution in [0.5, 0.6) is 0 Å². The summed E-state index contributed by atoms with van der Waals surface area (Å²) in [5.74, 6) is 0. The van der Waals surface area contributed by atoms with E-state index in [9.17, 15) is 0 Å². The lowest BCUT2D eigenvalue weighted by molar-refractivity contribution is 0.365. The minimum absolute atomic E-state index is 0. The number of hydrogen-bond donors (Lipinski definition) is 0. The van der Waals surface area contributed by atoms with E-state index in [2.05, 4.69) is 85.6 Å². The van der Waals surface area contributed by atoms with Crippen molar-refractivity contribution in [3.63, 3.8) is 0 Å². The van der Waals surface area contributed by atoms with E-state index >= 15 is 0 Å². The Kier molecular flexibility index (Phi) is 61.0. The van der Waals surface area contributed by atoms with Crippen molar-refractivity contribution in [1.82, 2.24) is 30.0 Å². The van der Waals surface area contributed by atoms with Gasteiger partial charge in [0.1, 0.15) is 0 Å². The van der Waals surface area contributed by atoms with E-state index in [-0.39, 0.29) is 74.3 Å². The largest absolute Gasteiger partial charge is 0.253 e. The van der Waals surface area contributed by atoms with Crippen LogP contribution in [0.4, 0.5) is 0 Å². The molecule has 0 bridgehead atoms. The Labute approximate surface area is 262 Å². The quantitative estimate of drug-likeness (QED) is 0.276. The molecule has 0 aliphatic rings. The minimum Gasteiger partial charge on any atom is -0.253 e. The first-order chi connectivity index (χ1) is 14.8. The first-order valence-electron chi connectivity index (χ1n) is 11.6. The zero-order valence-corrected chi connectivity index (χ0v) is 20.7. The summed E-state index contributed by atoms with van der Waals surface area (Å²) in [6.45, 7) is 17.0. The molecule has 0 amide bonds. The third-order valence-corrected chi connectivity index (χ3v) is 4.78. The Morgan fingerprint density at radius 1 is 0.585 bits per heavy atom. The van der Waals surface area contributed by atoms with E-state index in [0.29, 0.717) is 5.41 Å². The first kappa shape index (κ1) is 66.7. The lowest BCUT2D eigenvalue weighted by Gasteiger charge is -2.17. The van der Waals surface area contributed by atoms with Crippen molar-refractivity contribution in [3.8, 4) is 0 Å². The van der Waals surface area contributed by atoms with E-state index < -0.39 is 0 Å². The molecule has 6 heteroatoms. The molecule has 0 unspecified atom stereocenters. The molecule has 0 fully saturated rings. The van der Waals surface area contributed by atoms with Crippen LogP contribution >= 0.6 is 0 Å². The molecule has 0 saturated carbocycles. The maximum Gasteiger partial charge on any atom is 0.0824 e. The highest BCUT2D eigenvalue weighted by Crippen LogP contribution is 2.21. The topological polar surface area (TPSA) is 61.4 Å². The van der Waals surface area contributed by atoms with Crippen LogP contribution in [0.25, 0.3) is 0 Å². The molecule has 0 aliphatic heterocycles. The van der Waals surface area contributed by atoms with Gasteiger partial charge in [-0.3, -0.25) is 9.36 Å². The molecule has 252 valence electrons. The molecule has 6 nitrogen and oxygen atoms in total. The van der Waals surface area contributed by atoms with Crippen LogP contribution in [0.3, 0.4) is 0 Å². The third kappa shape index (κ3) is 31.9. The van der Waals surface area contributed by atoms with E-state index in [4.69, 9.17) is 0 Å². The fraction of sp³-hybridized carbons (Fsp3) is 0.714. The molecule has 0 N–H and O–H groups in total. The Morgan fingerprint density at radius 3 is 1.20 bits per heavy atom. The van der Waals surface area contributed by atoms with Gasteiger partial charge in [-0.25, -0.2) is 0 Å². The summed E-state index contributed by atoms with van der Waals surface area (Å²) in [5, 5.41) is 15.6. The normalized spacial score (nSPS) is 8.07. The highest BCUT2D eigenvalue weighted by molar-refractivity contribution is 5.14. The van der Waals surface area contributed by atoms with Gasteiger partial charge in [-0.05, 0) is 56.9 Å². The van der Waals surface area contributed by atoms with E-state index in [0.717, 1.165) is 37.3 Å². The van der Waals surface area contributed by atoms with E-state index in [1.54, 1.807) is 0 Å². The number of aromatic nitrogens is 6. The number of benzene rings is 1. The zero-order chi connectivity index (χ0) is 23.1. The van der Waals surface area contributed by atoms with E-state index in [1.165, 1.54) is 24.8 Å². The van der Waals surface area contributed by atoms with Crippen LogP contribution in [0, 0.1) is 5.41 Å². The van der Waals surface area contributed by atoms with Crippen LogP contribution in [0.15, 0.2) is 42.7 Å².